The van der Waals surface area contributed by atoms with Gasteiger partial charge in [0.1, 0.15) is 0 Å². The average Bonchev–Trinajstić information content (AvgIpc) is 2.12. The smallest absolute Gasteiger partial charge is 0.198 e. The number of rotatable bonds is 1. The second-order valence-electron chi connectivity index (χ2n) is 1.86. The Morgan fingerprint density at radius 3 is 2.44 bits per heavy atom. The number of halogens is 1. The highest BCUT2D eigenvalue weighted by Gasteiger charge is 2.21. The Morgan fingerprint density at radius 2 is 2.22 bits per heavy atom. The molecule has 0 fully saturated rings. The van der Waals surface area contributed by atoms with Crippen LogP contribution in [0.2, 0.25) is 0 Å². The lowest BCUT2D eigenvalue weighted by Gasteiger charge is -1.95. The van der Waals surface area contributed by atoms with Crippen LogP contribution in [0.15, 0.2) is 10.8 Å². The van der Waals surface area contributed by atoms with Gasteiger partial charge in [-0.05, 0) is 6.42 Å². The van der Waals surface area contributed by atoms with Crippen LogP contribution in [0.1, 0.15) is 12.8 Å². The van der Waals surface area contributed by atoms with Gasteiger partial charge in [0.15, 0.2) is 11.5 Å². The molecule has 9 heavy (non-hydrogen) atoms. The van der Waals surface area contributed by atoms with Crippen molar-refractivity contribution < 1.29 is 9.53 Å². The van der Waals surface area contributed by atoms with E-state index in [-0.39, 0.29) is 5.78 Å². The third-order valence-corrected chi connectivity index (χ3v) is 1.64. The molecular formula is C6H7ClO2. The van der Waals surface area contributed by atoms with Gasteiger partial charge in [-0.15, -0.1) is 0 Å². The van der Waals surface area contributed by atoms with Crippen molar-refractivity contribution in [3.63, 3.8) is 0 Å². The zero-order valence-electron chi connectivity index (χ0n) is 5.11. The lowest BCUT2D eigenvalue weighted by molar-refractivity contribution is -0.117. The first-order valence-electron chi connectivity index (χ1n) is 2.71. The standard InChI is InChI=1S/C6H7ClO2/c1-9-6-4(7)2-3-5(6)8/h2-3H2,1H3. The molecule has 50 valence electrons. The quantitative estimate of drug-likeness (QED) is 0.560. The summed E-state index contributed by atoms with van der Waals surface area (Å²) >= 11 is 5.61. The van der Waals surface area contributed by atoms with E-state index in [4.69, 9.17) is 16.3 Å². The number of Topliss-reactive ketones (excluding diaryl/α,β-unsaturated/α-hetero) is 1. The van der Waals surface area contributed by atoms with E-state index in [0.717, 1.165) is 0 Å². The number of ether oxygens (including phenoxy) is 1. The fourth-order valence-electron chi connectivity index (χ4n) is 0.826. The molecule has 1 aliphatic carbocycles. The lowest BCUT2D eigenvalue weighted by Crippen LogP contribution is -1.96. The maximum atomic E-state index is 10.7. The first-order valence-corrected chi connectivity index (χ1v) is 3.09. The molecule has 0 aromatic carbocycles. The molecule has 0 heterocycles. The Morgan fingerprint density at radius 1 is 1.56 bits per heavy atom. The summed E-state index contributed by atoms with van der Waals surface area (Å²) in [5, 5.41) is 0.558. The Bertz CT molecular complexity index is 172. The summed E-state index contributed by atoms with van der Waals surface area (Å²) in [5.41, 5.74) is 0. The Balaban J connectivity index is 2.82. The van der Waals surface area contributed by atoms with Crippen molar-refractivity contribution in [3.05, 3.63) is 10.8 Å². The predicted octanol–water partition coefficient (Wildman–Crippen LogP) is 1.45. The molecule has 0 amide bonds. The van der Waals surface area contributed by atoms with Crippen LogP contribution >= 0.6 is 11.6 Å². The van der Waals surface area contributed by atoms with Crippen LogP contribution in [-0.2, 0) is 9.53 Å². The maximum Gasteiger partial charge on any atom is 0.198 e. The molecule has 0 spiro atoms. The van der Waals surface area contributed by atoms with Crippen molar-refractivity contribution >= 4 is 17.4 Å². The van der Waals surface area contributed by atoms with E-state index in [0.29, 0.717) is 23.6 Å². The third-order valence-electron chi connectivity index (χ3n) is 1.28. The molecule has 0 unspecified atom stereocenters. The van der Waals surface area contributed by atoms with Crippen LogP contribution in [0.4, 0.5) is 0 Å². The topological polar surface area (TPSA) is 26.3 Å². The van der Waals surface area contributed by atoms with Crippen LogP contribution in [-0.4, -0.2) is 12.9 Å². The number of methoxy groups -OCH3 is 1. The molecule has 0 N–H and O–H groups in total. The monoisotopic (exact) mass is 146 g/mol. The molecule has 1 aliphatic rings. The first kappa shape index (κ1) is 6.62. The molecule has 3 heteroatoms. The van der Waals surface area contributed by atoms with Crippen molar-refractivity contribution in [1.29, 1.82) is 0 Å². The predicted molar refractivity (Wildman–Crippen MR) is 34.1 cm³/mol. The van der Waals surface area contributed by atoms with E-state index in [1.807, 2.05) is 0 Å². The zero-order chi connectivity index (χ0) is 6.85. The van der Waals surface area contributed by atoms with Gasteiger partial charge in [0.25, 0.3) is 0 Å². The largest absolute Gasteiger partial charge is 0.492 e. The fourth-order valence-corrected chi connectivity index (χ4v) is 1.10. The van der Waals surface area contributed by atoms with Gasteiger partial charge < -0.3 is 4.74 Å². The summed E-state index contributed by atoms with van der Waals surface area (Å²) < 4.78 is 4.73. The number of ketones is 1. The van der Waals surface area contributed by atoms with Crippen LogP contribution in [0.3, 0.4) is 0 Å². The van der Waals surface area contributed by atoms with Crippen molar-refractivity contribution in [3.8, 4) is 0 Å². The minimum atomic E-state index is 0.0162. The Labute approximate surface area is 58.4 Å². The molecule has 0 aromatic rings. The summed E-state index contributed by atoms with van der Waals surface area (Å²) in [6, 6.07) is 0. The van der Waals surface area contributed by atoms with Crippen molar-refractivity contribution in [2.45, 2.75) is 12.8 Å². The fraction of sp³-hybridized carbons (Fsp3) is 0.500. The molecular weight excluding hydrogens is 140 g/mol. The van der Waals surface area contributed by atoms with Gasteiger partial charge in [0, 0.05) is 6.42 Å². The summed E-state index contributed by atoms with van der Waals surface area (Å²) in [6.45, 7) is 0. The molecule has 2 nitrogen and oxygen atoms in total. The van der Waals surface area contributed by atoms with Gasteiger partial charge >= 0.3 is 0 Å². The van der Waals surface area contributed by atoms with Gasteiger partial charge in [-0.2, -0.15) is 0 Å². The zero-order valence-corrected chi connectivity index (χ0v) is 5.86. The Kier molecular flexibility index (Phi) is 1.76. The second kappa shape index (κ2) is 2.40. The third kappa shape index (κ3) is 1.08. The van der Waals surface area contributed by atoms with Gasteiger partial charge in [0.2, 0.25) is 0 Å². The maximum absolute atomic E-state index is 10.7. The van der Waals surface area contributed by atoms with E-state index in [1.54, 1.807) is 0 Å². The summed E-state index contributed by atoms with van der Waals surface area (Å²) in [7, 11) is 1.46. The minimum Gasteiger partial charge on any atom is -0.492 e. The first-order chi connectivity index (χ1) is 4.25. The summed E-state index contributed by atoms with van der Waals surface area (Å²) in [5.74, 6) is 0.360. The highest BCUT2D eigenvalue weighted by molar-refractivity contribution is 6.32. The van der Waals surface area contributed by atoms with Crippen molar-refractivity contribution in [2.75, 3.05) is 7.11 Å². The van der Waals surface area contributed by atoms with Crippen LogP contribution in [0.25, 0.3) is 0 Å². The molecule has 1 rings (SSSR count). The Hall–Kier alpha value is -0.500. The lowest BCUT2D eigenvalue weighted by atomic mass is 10.3. The summed E-state index contributed by atoms with van der Waals surface area (Å²) in [6.07, 6.45) is 1.14. The number of carbonyl (C=O) groups excluding carboxylic acids is 1. The molecule has 0 atom stereocenters. The number of hydrogen-bond acceptors (Lipinski definition) is 2. The number of carbonyl (C=O) groups is 1. The average molecular weight is 147 g/mol. The highest BCUT2D eigenvalue weighted by Crippen LogP contribution is 2.25. The number of allylic oxidation sites excluding steroid dienone is 2. The normalized spacial score (nSPS) is 19.1. The molecule has 0 aromatic heterocycles. The summed E-state index contributed by atoms with van der Waals surface area (Å²) in [4.78, 5) is 10.7. The van der Waals surface area contributed by atoms with Gasteiger partial charge in [0.05, 0.1) is 12.1 Å². The van der Waals surface area contributed by atoms with Crippen LogP contribution in [0.5, 0.6) is 0 Å². The van der Waals surface area contributed by atoms with Crippen LogP contribution in [0, 0.1) is 0 Å². The van der Waals surface area contributed by atoms with E-state index in [2.05, 4.69) is 0 Å². The van der Waals surface area contributed by atoms with E-state index in [9.17, 15) is 4.79 Å². The van der Waals surface area contributed by atoms with Gasteiger partial charge in [-0.1, -0.05) is 11.6 Å². The molecule has 0 saturated carbocycles. The van der Waals surface area contributed by atoms with Crippen molar-refractivity contribution in [2.24, 2.45) is 0 Å². The van der Waals surface area contributed by atoms with Crippen LogP contribution < -0.4 is 0 Å². The number of hydrogen-bond donors (Lipinski definition) is 0. The molecule has 0 saturated heterocycles. The van der Waals surface area contributed by atoms with E-state index in [1.165, 1.54) is 7.11 Å². The van der Waals surface area contributed by atoms with Gasteiger partial charge in [-0.25, -0.2) is 0 Å². The molecule has 0 bridgehead atoms. The minimum absolute atomic E-state index is 0.0162. The van der Waals surface area contributed by atoms with Crippen molar-refractivity contribution in [1.82, 2.24) is 0 Å². The van der Waals surface area contributed by atoms with Gasteiger partial charge in [-0.3, -0.25) is 4.79 Å². The van der Waals surface area contributed by atoms with E-state index < -0.39 is 0 Å². The SMILES string of the molecule is COC1=C(Cl)CCC1=O. The second-order valence-corrected chi connectivity index (χ2v) is 2.32. The molecule has 0 aliphatic heterocycles. The highest BCUT2D eigenvalue weighted by atomic mass is 35.5. The van der Waals surface area contributed by atoms with E-state index >= 15 is 0 Å². The molecule has 0 radical (unpaired) electrons.